The van der Waals surface area contributed by atoms with Gasteiger partial charge in [-0.1, -0.05) is 0 Å². The predicted octanol–water partition coefficient (Wildman–Crippen LogP) is -0.120. The first-order valence-corrected chi connectivity index (χ1v) is 9.45. The smallest absolute Gasteiger partial charge is 0.237 e. The number of rotatable bonds is 7. The first kappa shape index (κ1) is 16.7. The zero-order valence-electron chi connectivity index (χ0n) is 13.1. The Morgan fingerprint density at radius 1 is 1.43 bits per heavy atom. The first-order valence-electron chi connectivity index (χ1n) is 7.63. The highest BCUT2D eigenvalue weighted by Crippen LogP contribution is 2.27. The summed E-state index contributed by atoms with van der Waals surface area (Å²) in [7, 11) is -0.953. The lowest BCUT2D eigenvalue weighted by molar-refractivity contribution is -0.124. The fourth-order valence-corrected chi connectivity index (χ4v) is 4.89. The van der Waals surface area contributed by atoms with Crippen molar-refractivity contribution in [3.63, 3.8) is 0 Å². The number of carbonyl (C=O) groups excluding carboxylic acids is 1. The minimum atomic E-state index is -2.89. The van der Waals surface area contributed by atoms with E-state index in [1.807, 2.05) is 20.9 Å². The average Bonchev–Trinajstić information content (AvgIpc) is 3.09. The molecule has 3 unspecified atom stereocenters. The summed E-state index contributed by atoms with van der Waals surface area (Å²) >= 11 is 0. The van der Waals surface area contributed by atoms with Gasteiger partial charge in [0.2, 0.25) is 5.91 Å². The summed E-state index contributed by atoms with van der Waals surface area (Å²) in [6, 6.07) is 0.530. The van der Waals surface area contributed by atoms with Crippen LogP contribution in [-0.2, 0) is 14.6 Å². The SMILES string of the molecule is CC(CC(C)(NC1CC1)C(N)=O)N(C)C1CCS(=O)(=O)C1. The third-order valence-electron chi connectivity index (χ3n) is 4.83. The van der Waals surface area contributed by atoms with Crippen molar-refractivity contribution in [3.05, 3.63) is 0 Å². The van der Waals surface area contributed by atoms with Crippen molar-refractivity contribution in [2.45, 2.75) is 63.2 Å². The molecular formula is C14H27N3O3S. The number of amides is 1. The number of nitrogens with zero attached hydrogens (tertiary/aromatic N) is 1. The maximum Gasteiger partial charge on any atom is 0.237 e. The third kappa shape index (κ3) is 4.17. The lowest BCUT2D eigenvalue weighted by Crippen LogP contribution is -2.57. The van der Waals surface area contributed by atoms with Gasteiger partial charge >= 0.3 is 0 Å². The summed E-state index contributed by atoms with van der Waals surface area (Å²) in [5.41, 5.74) is 4.85. The van der Waals surface area contributed by atoms with E-state index in [2.05, 4.69) is 10.2 Å². The molecular weight excluding hydrogens is 290 g/mol. The van der Waals surface area contributed by atoms with Crippen molar-refractivity contribution in [2.24, 2.45) is 5.73 Å². The Hall–Kier alpha value is -0.660. The van der Waals surface area contributed by atoms with Crippen LogP contribution in [0.5, 0.6) is 0 Å². The number of hydrogen-bond acceptors (Lipinski definition) is 5. The molecule has 6 nitrogen and oxygen atoms in total. The van der Waals surface area contributed by atoms with Crippen LogP contribution in [0, 0.1) is 0 Å². The molecule has 2 rings (SSSR count). The largest absolute Gasteiger partial charge is 0.368 e. The van der Waals surface area contributed by atoms with Crippen molar-refractivity contribution in [2.75, 3.05) is 18.6 Å². The minimum absolute atomic E-state index is 0.0445. The van der Waals surface area contributed by atoms with Gasteiger partial charge in [-0.2, -0.15) is 0 Å². The van der Waals surface area contributed by atoms with Crippen molar-refractivity contribution < 1.29 is 13.2 Å². The number of carbonyl (C=O) groups is 1. The van der Waals surface area contributed by atoms with Crippen molar-refractivity contribution in [1.82, 2.24) is 10.2 Å². The molecule has 1 saturated heterocycles. The molecule has 0 aromatic heterocycles. The minimum Gasteiger partial charge on any atom is -0.368 e. The van der Waals surface area contributed by atoms with Gasteiger partial charge in [-0.25, -0.2) is 8.42 Å². The van der Waals surface area contributed by atoms with Crippen molar-refractivity contribution in [3.8, 4) is 0 Å². The normalized spacial score (nSPS) is 29.2. The Morgan fingerprint density at radius 2 is 2.05 bits per heavy atom. The van der Waals surface area contributed by atoms with Gasteiger partial charge < -0.3 is 11.1 Å². The number of nitrogens with one attached hydrogen (secondary N) is 1. The summed E-state index contributed by atoms with van der Waals surface area (Å²) in [5, 5.41) is 3.34. The molecule has 1 heterocycles. The molecule has 1 amide bonds. The second-order valence-corrected chi connectivity index (χ2v) is 9.12. The van der Waals surface area contributed by atoms with E-state index >= 15 is 0 Å². The second kappa shape index (κ2) is 5.85. The molecule has 3 atom stereocenters. The lowest BCUT2D eigenvalue weighted by Gasteiger charge is -2.36. The molecule has 21 heavy (non-hydrogen) atoms. The van der Waals surface area contributed by atoms with Crippen LogP contribution in [0.1, 0.15) is 39.5 Å². The van der Waals surface area contributed by atoms with Crippen LogP contribution in [-0.4, -0.2) is 61.4 Å². The van der Waals surface area contributed by atoms with E-state index in [4.69, 9.17) is 5.73 Å². The number of hydrogen-bond donors (Lipinski definition) is 2. The Labute approximate surface area is 127 Å². The van der Waals surface area contributed by atoms with Gasteiger partial charge in [0.05, 0.1) is 17.0 Å². The van der Waals surface area contributed by atoms with Crippen LogP contribution in [0.25, 0.3) is 0 Å². The summed E-state index contributed by atoms with van der Waals surface area (Å²) < 4.78 is 23.2. The number of primary amides is 1. The molecule has 1 aliphatic heterocycles. The van der Waals surface area contributed by atoms with E-state index in [1.54, 1.807) is 0 Å². The van der Waals surface area contributed by atoms with Crippen molar-refractivity contribution >= 4 is 15.7 Å². The first-order chi connectivity index (χ1) is 9.63. The fourth-order valence-electron chi connectivity index (χ4n) is 3.10. The van der Waals surface area contributed by atoms with E-state index < -0.39 is 15.4 Å². The molecule has 0 bridgehead atoms. The number of sulfone groups is 1. The maximum atomic E-state index is 11.8. The Balaban J connectivity index is 1.97. The molecule has 2 aliphatic rings. The third-order valence-corrected chi connectivity index (χ3v) is 6.58. The van der Waals surface area contributed by atoms with Crippen LogP contribution < -0.4 is 11.1 Å². The second-order valence-electron chi connectivity index (χ2n) is 6.89. The van der Waals surface area contributed by atoms with Crippen LogP contribution in [0.2, 0.25) is 0 Å². The Bertz CT molecular complexity index is 504. The molecule has 2 fully saturated rings. The van der Waals surface area contributed by atoms with Gasteiger partial charge in [0, 0.05) is 18.1 Å². The topological polar surface area (TPSA) is 92.5 Å². The van der Waals surface area contributed by atoms with Gasteiger partial charge in [0.15, 0.2) is 9.84 Å². The van der Waals surface area contributed by atoms with E-state index in [9.17, 15) is 13.2 Å². The summed E-state index contributed by atoms with van der Waals surface area (Å²) in [5.74, 6) is 0.146. The molecule has 0 radical (unpaired) electrons. The van der Waals surface area contributed by atoms with Gasteiger partial charge in [0.25, 0.3) is 0 Å². The van der Waals surface area contributed by atoms with E-state index in [-0.39, 0.29) is 29.5 Å². The molecule has 3 N–H and O–H groups in total. The fraction of sp³-hybridized carbons (Fsp3) is 0.929. The van der Waals surface area contributed by atoms with Gasteiger partial charge in [-0.05, 0) is 46.6 Å². The molecule has 1 saturated carbocycles. The van der Waals surface area contributed by atoms with Crippen LogP contribution in [0.3, 0.4) is 0 Å². The summed E-state index contributed by atoms with van der Waals surface area (Å²) in [4.78, 5) is 13.9. The molecule has 122 valence electrons. The van der Waals surface area contributed by atoms with Gasteiger partial charge in [0.1, 0.15) is 0 Å². The standard InChI is InChI=1S/C14H27N3O3S/c1-10(17(3)12-6-7-21(19,20)9-12)8-14(2,13(15)18)16-11-4-5-11/h10-12,16H,4-9H2,1-3H3,(H2,15,18). The highest BCUT2D eigenvalue weighted by atomic mass is 32.2. The predicted molar refractivity (Wildman–Crippen MR) is 82.7 cm³/mol. The summed E-state index contributed by atoms with van der Waals surface area (Å²) in [6.45, 7) is 3.88. The molecule has 7 heteroatoms. The quantitative estimate of drug-likeness (QED) is 0.683. The Morgan fingerprint density at radius 3 is 2.48 bits per heavy atom. The molecule has 0 spiro atoms. The zero-order chi connectivity index (χ0) is 15.8. The van der Waals surface area contributed by atoms with Gasteiger partial charge in [-0.15, -0.1) is 0 Å². The lowest BCUT2D eigenvalue weighted by atomic mass is 9.91. The van der Waals surface area contributed by atoms with Crippen LogP contribution in [0.4, 0.5) is 0 Å². The van der Waals surface area contributed by atoms with Crippen molar-refractivity contribution in [1.29, 1.82) is 0 Å². The van der Waals surface area contributed by atoms with E-state index in [1.165, 1.54) is 0 Å². The van der Waals surface area contributed by atoms with E-state index in [0.717, 1.165) is 12.8 Å². The summed E-state index contributed by atoms with van der Waals surface area (Å²) in [6.07, 6.45) is 3.44. The monoisotopic (exact) mass is 317 g/mol. The molecule has 0 aromatic carbocycles. The zero-order valence-corrected chi connectivity index (χ0v) is 13.9. The van der Waals surface area contributed by atoms with Crippen LogP contribution >= 0.6 is 0 Å². The highest BCUT2D eigenvalue weighted by molar-refractivity contribution is 7.91. The maximum absolute atomic E-state index is 11.8. The molecule has 0 aromatic rings. The number of nitrogens with two attached hydrogens (primary N) is 1. The highest BCUT2D eigenvalue weighted by Gasteiger charge is 2.40. The van der Waals surface area contributed by atoms with Crippen LogP contribution in [0.15, 0.2) is 0 Å². The Kier molecular flexibility index (Phi) is 4.66. The molecule has 1 aliphatic carbocycles. The van der Waals surface area contributed by atoms with Gasteiger partial charge in [-0.3, -0.25) is 9.69 Å². The van der Waals surface area contributed by atoms with E-state index in [0.29, 0.717) is 18.9 Å². The average molecular weight is 317 g/mol.